The molecule has 1 N–H and O–H groups in total. The van der Waals surface area contributed by atoms with Crippen LogP contribution in [0.5, 0.6) is 0 Å². The minimum absolute atomic E-state index is 0.146. The number of fused-ring (bicyclic) bond motifs is 1. The number of amides is 1. The highest BCUT2D eigenvalue weighted by molar-refractivity contribution is 5.77. The second kappa shape index (κ2) is 5.88. The topological polar surface area (TPSA) is 46.9 Å². The van der Waals surface area contributed by atoms with Gasteiger partial charge in [0, 0.05) is 25.9 Å². The van der Waals surface area contributed by atoms with Gasteiger partial charge in [-0.25, -0.2) is 4.98 Å². The number of aromatic nitrogens is 2. The highest BCUT2D eigenvalue weighted by atomic mass is 16.1. The van der Waals surface area contributed by atoms with Crippen LogP contribution in [0, 0.1) is 0 Å². The van der Waals surface area contributed by atoms with Crippen molar-refractivity contribution in [3.8, 4) is 0 Å². The monoisotopic (exact) mass is 285 g/mol. The molecule has 1 saturated carbocycles. The lowest BCUT2D eigenvalue weighted by molar-refractivity contribution is -0.121. The first-order chi connectivity index (χ1) is 10.2. The molecule has 1 aliphatic rings. The van der Waals surface area contributed by atoms with Crippen LogP contribution < -0.4 is 5.32 Å². The van der Waals surface area contributed by atoms with Crippen LogP contribution in [0.1, 0.15) is 49.9 Å². The third-order valence-electron chi connectivity index (χ3n) is 4.14. The number of imidazole rings is 1. The molecule has 21 heavy (non-hydrogen) atoms. The van der Waals surface area contributed by atoms with Gasteiger partial charge in [0.2, 0.25) is 5.91 Å². The second-order valence-electron chi connectivity index (χ2n) is 5.98. The molecule has 1 fully saturated rings. The van der Waals surface area contributed by atoms with Gasteiger partial charge in [-0.1, -0.05) is 13.0 Å². The molecule has 3 rings (SSSR count). The summed E-state index contributed by atoms with van der Waals surface area (Å²) in [6.07, 6.45) is 4.92. The number of aryl methyl sites for hydroxylation is 1. The van der Waals surface area contributed by atoms with Crippen molar-refractivity contribution in [2.45, 2.75) is 44.9 Å². The third kappa shape index (κ3) is 3.09. The lowest BCUT2D eigenvalue weighted by atomic mass is 10.1. The standard InChI is InChI=1S/C17H23N3O/c1-3-4-16(21)18-10-9-12-5-8-15-14(11-12)19-17(20(15)2)13-6-7-13/h5,8,11,13H,3-4,6-7,9-10H2,1-2H3,(H,18,21). The van der Waals surface area contributed by atoms with Crippen LogP contribution in [-0.4, -0.2) is 22.0 Å². The Kier molecular flexibility index (Phi) is 3.95. The van der Waals surface area contributed by atoms with Crippen molar-refractivity contribution in [3.63, 3.8) is 0 Å². The van der Waals surface area contributed by atoms with E-state index < -0.39 is 0 Å². The van der Waals surface area contributed by atoms with Crippen molar-refractivity contribution >= 4 is 16.9 Å². The van der Waals surface area contributed by atoms with Crippen LogP contribution in [0.3, 0.4) is 0 Å². The molecule has 0 spiro atoms. The summed E-state index contributed by atoms with van der Waals surface area (Å²) >= 11 is 0. The van der Waals surface area contributed by atoms with Gasteiger partial charge in [0.15, 0.2) is 0 Å². The summed E-state index contributed by atoms with van der Waals surface area (Å²) in [6, 6.07) is 6.46. The van der Waals surface area contributed by atoms with Gasteiger partial charge in [-0.05, 0) is 43.4 Å². The maximum atomic E-state index is 11.4. The van der Waals surface area contributed by atoms with E-state index in [1.165, 1.54) is 29.7 Å². The molecule has 0 aliphatic heterocycles. The van der Waals surface area contributed by atoms with Crippen LogP contribution >= 0.6 is 0 Å². The van der Waals surface area contributed by atoms with E-state index in [4.69, 9.17) is 4.98 Å². The Balaban J connectivity index is 1.68. The summed E-state index contributed by atoms with van der Waals surface area (Å²) in [5.74, 6) is 2.03. The van der Waals surface area contributed by atoms with Crippen molar-refractivity contribution in [1.82, 2.24) is 14.9 Å². The van der Waals surface area contributed by atoms with Gasteiger partial charge in [-0.15, -0.1) is 0 Å². The van der Waals surface area contributed by atoms with Crippen LogP contribution in [0.25, 0.3) is 11.0 Å². The van der Waals surface area contributed by atoms with E-state index >= 15 is 0 Å². The van der Waals surface area contributed by atoms with E-state index in [0.29, 0.717) is 18.9 Å². The molecule has 1 amide bonds. The van der Waals surface area contributed by atoms with E-state index in [2.05, 4.69) is 35.1 Å². The number of hydrogen-bond donors (Lipinski definition) is 1. The minimum atomic E-state index is 0.146. The zero-order chi connectivity index (χ0) is 14.8. The van der Waals surface area contributed by atoms with E-state index in [9.17, 15) is 4.79 Å². The van der Waals surface area contributed by atoms with E-state index in [-0.39, 0.29) is 5.91 Å². The maximum Gasteiger partial charge on any atom is 0.219 e. The molecular formula is C17H23N3O. The Morgan fingerprint density at radius 1 is 1.43 bits per heavy atom. The zero-order valence-electron chi connectivity index (χ0n) is 12.9. The Bertz CT molecular complexity index is 655. The number of hydrogen-bond acceptors (Lipinski definition) is 2. The van der Waals surface area contributed by atoms with Crippen molar-refractivity contribution in [2.24, 2.45) is 7.05 Å². The average molecular weight is 285 g/mol. The van der Waals surface area contributed by atoms with Gasteiger partial charge in [0.05, 0.1) is 11.0 Å². The Hall–Kier alpha value is -1.84. The lowest BCUT2D eigenvalue weighted by Gasteiger charge is -2.05. The Morgan fingerprint density at radius 2 is 2.24 bits per heavy atom. The summed E-state index contributed by atoms with van der Waals surface area (Å²) in [5, 5.41) is 2.96. The third-order valence-corrected chi connectivity index (χ3v) is 4.14. The largest absolute Gasteiger partial charge is 0.356 e. The molecule has 4 heteroatoms. The summed E-state index contributed by atoms with van der Waals surface area (Å²) in [4.78, 5) is 16.2. The highest BCUT2D eigenvalue weighted by Gasteiger charge is 2.28. The number of nitrogens with one attached hydrogen (secondary N) is 1. The smallest absolute Gasteiger partial charge is 0.219 e. The van der Waals surface area contributed by atoms with Gasteiger partial charge in [-0.3, -0.25) is 4.79 Å². The molecule has 1 heterocycles. The van der Waals surface area contributed by atoms with E-state index in [1.807, 2.05) is 6.92 Å². The fraction of sp³-hybridized carbons (Fsp3) is 0.529. The van der Waals surface area contributed by atoms with Crippen molar-refractivity contribution in [2.75, 3.05) is 6.54 Å². The molecule has 0 saturated heterocycles. The summed E-state index contributed by atoms with van der Waals surface area (Å²) in [5.41, 5.74) is 3.52. The first kappa shape index (κ1) is 14.1. The van der Waals surface area contributed by atoms with E-state index in [0.717, 1.165) is 18.4 Å². The van der Waals surface area contributed by atoms with Gasteiger partial charge >= 0.3 is 0 Å². The predicted molar refractivity (Wildman–Crippen MR) is 84.3 cm³/mol. The molecule has 0 atom stereocenters. The maximum absolute atomic E-state index is 11.4. The highest BCUT2D eigenvalue weighted by Crippen LogP contribution is 2.40. The number of nitrogens with zero attached hydrogens (tertiary/aromatic N) is 2. The number of carbonyl (C=O) groups is 1. The van der Waals surface area contributed by atoms with Crippen LogP contribution in [0.15, 0.2) is 18.2 Å². The number of rotatable bonds is 6. The van der Waals surface area contributed by atoms with Crippen LogP contribution in [-0.2, 0) is 18.3 Å². The molecule has 112 valence electrons. The van der Waals surface area contributed by atoms with Gasteiger partial charge in [0.1, 0.15) is 5.82 Å². The predicted octanol–water partition coefficient (Wildman–Crippen LogP) is 2.91. The molecular weight excluding hydrogens is 262 g/mol. The molecule has 0 radical (unpaired) electrons. The first-order valence-corrected chi connectivity index (χ1v) is 7.91. The molecule has 0 bridgehead atoms. The zero-order valence-corrected chi connectivity index (χ0v) is 12.9. The molecule has 1 aliphatic carbocycles. The fourth-order valence-corrected chi connectivity index (χ4v) is 2.79. The number of carbonyl (C=O) groups excluding carboxylic acids is 1. The van der Waals surface area contributed by atoms with Crippen LogP contribution in [0.2, 0.25) is 0 Å². The van der Waals surface area contributed by atoms with Crippen molar-refractivity contribution < 1.29 is 4.79 Å². The molecule has 4 nitrogen and oxygen atoms in total. The van der Waals surface area contributed by atoms with Gasteiger partial charge in [-0.2, -0.15) is 0 Å². The Morgan fingerprint density at radius 3 is 2.95 bits per heavy atom. The quantitative estimate of drug-likeness (QED) is 0.887. The Labute approximate surface area is 125 Å². The molecule has 1 aromatic heterocycles. The summed E-state index contributed by atoms with van der Waals surface area (Å²) in [7, 11) is 2.10. The second-order valence-corrected chi connectivity index (χ2v) is 5.98. The lowest BCUT2D eigenvalue weighted by Crippen LogP contribution is -2.25. The number of benzene rings is 1. The molecule has 1 aromatic carbocycles. The fourth-order valence-electron chi connectivity index (χ4n) is 2.79. The van der Waals surface area contributed by atoms with E-state index in [1.54, 1.807) is 0 Å². The van der Waals surface area contributed by atoms with Gasteiger partial charge < -0.3 is 9.88 Å². The molecule has 0 unspecified atom stereocenters. The van der Waals surface area contributed by atoms with Crippen molar-refractivity contribution in [3.05, 3.63) is 29.6 Å². The normalized spacial score (nSPS) is 14.6. The molecule has 2 aromatic rings. The average Bonchev–Trinajstić information content (AvgIpc) is 3.25. The summed E-state index contributed by atoms with van der Waals surface area (Å²) in [6.45, 7) is 2.72. The van der Waals surface area contributed by atoms with Gasteiger partial charge in [0.25, 0.3) is 0 Å². The van der Waals surface area contributed by atoms with Crippen molar-refractivity contribution in [1.29, 1.82) is 0 Å². The minimum Gasteiger partial charge on any atom is -0.356 e. The SMILES string of the molecule is CCCC(=O)NCCc1ccc2c(c1)nc(C1CC1)n2C. The van der Waals surface area contributed by atoms with Crippen LogP contribution in [0.4, 0.5) is 0 Å². The first-order valence-electron chi connectivity index (χ1n) is 7.91. The summed E-state index contributed by atoms with van der Waals surface area (Å²) < 4.78 is 2.22.